The summed E-state index contributed by atoms with van der Waals surface area (Å²) in [6.07, 6.45) is -2.76. The molecular weight excluding hydrogens is 319 g/mol. The number of aromatic nitrogens is 2. The number of benzene rings is 1. The summed E-state index contributed by atoms with van der Waals surface area (Å²) in [5.41, 5.74) is 3.53. The van der Waals surface area contributed by atoms with Crippen molar-refractivity contribution in [1.29, 1.82) is 0 Å². The Balaban J connectivity index is 1.58. The van der Waals surface area contributed by atoms with Gasteiger partial charge in [0.1, 0.15) is 11.6 Å². The van der Waals surface area contributed by atoms with Crippen LogP contribution >= 0.6 is 0 Å². The smallest absolute Gasteiger partial charge is 0.404 e. The molecule has 1 aromatic carbocycles. The second-order valence-corrected chi connectivity index (χ2v) is 5.70. The lowest BCUT2D eigenvalue weighted by molar-refractivity contribution is -0.274. The Hall–Kier alpha value is -2.70. The van der Waals surface area contributed by atoms with E-state index in [1.807, 2.05) is 18.2 Å². The number of alkyl halides is 3. The number of hydrogen-bond acceptors (Lipinski definition) is 3. The Morgan fingerprint density at radius 1 is 1.12 bits per heavy atom. The van der Waals surface area contributed by atoms with Gasteiger partial charge in [-0.15, -0.1) is 13.2 Å². The van der Waals surface area contributed by atoms with E-state index in [0.717, 1.165) is 24.7 Å². The van der Waals surface area contributed by atoms with Crippen LogP contribution in [0, 0.1) is 0 Å². The van der Waals surface area contributed by atoms with E-state index >= 15 is 0 Å². The Kier molecular flexibility index (Phi) is 3.37. The van der Waals surface area contributed by atoms with Crippen molar-refractivity contribution < 1.29 is 17.9 Å². The van der Waals surface area contributed by atoms with Gasteiger partial charge in [-0.2, -0.15) is 0 Å². The van der Waals surface area contributed by atoms with E-state index in [1.54, 1.807) is 6.07 Å². The van der Waals surface area contributed by atoms with E-state index in [1.165, 1.54) is 22.7 Å². The molecule has 0 spiro atoms. The number of pyridine rings is 1. The number of hydrogen-bond donors (Lipinski definition) is 1. The number of ether oxygens (including phenoxy) is 1. The minimum Gasteiger partial charge on any atom is -0.404 e. The highest BCUT2D eigenvalue weighted by Gasteiger charge is 2.31. The predicted octanol–water partition coefficient (Wildman–Crippen LogP) is 4.02. The largest absolute Gasteiger partial charge is 0.573 e. The molecule has 0 saturated carbocycles. The van der Waals surface area contributed by atoms with E-state index in [-0.39, 0.29) is 5.75 Å². The summed E-state index contributed by atoms with van der Waals surface area (Å²) in [7, 11) is 0. The van der Waals surface area contributed by atoms with E-state index in [9.17, 15) is 13.2 Å². The van der Waals surface area contributed by atoms with E-state index in [4.69, 9.17) is 0 Å². The molecule has 1 N–H and O–H groups in total. The molecule has 3 heterocycles. The molecule has 0 bridgehead atoms. The minimum atomic E-state index is -4.70. The highest BCUT2D eigenvalue weighted by atomic mass is 19.4. The number of rotatable bonds is 2. The third-order valence-electron chi connectivity index (χ3n) is 4.16. The molecule has 4 nitrogen and oxygen atoms in total. The summed E-state index contributed by atoms with van der Waals surface area (Å²) < 4.78 is 40.5. The van der Waals surface area contributed by atoms with E-state index in [0.29, 0.717) is 12.4 Å². The van der Waals surface area contributed by atoms with Crippen LogP contribution in [0.4, 0.5) is 19.0 Å². The fourth-order valence-electron chi connectivity index (χ4n) is 3.12. The zero-order valence-electron chi connectivity index (χ0n) is 12.6. The number of anilines is 1. The van der Waals surface area contributed by atoms with Gasteiger partial charge in [0.15, 0.2) is 0 Å². The molecule has 2 aromatic heterocycles. The van der Waals surface area contributed by atoms with Crippen LogP contribution < -0.4 is 9.64 Å². The van der Waals surface area contributed by atoms with Crippen LogP contribution in [-0.4, -0.2) is 22.9 Å². The molecule has 7 heteroatoms. The molecule has 3 aromatic rings. The highest BCUT2D eigenvalue weighted by molar-refractivity contribution is 5.85. The van der Waals surface area contributed by atoms with Gasteiger partial charge < -0.3 is 14.6 Å². The molecule has 124 valence electrons. The van der Waals surface area contributed by atoms with E-state index in [2.05, 4.69) is 25.7 Å². The molecule has 0 aliphatic carbocycles. The van der Waals surface area contributed by atoms with Crippen LogP contribution in [0.2, 0.25) is 0 Å². The Morgan fingerprint density at radius 3 is 2.71 bits per heavy atom. The SMILES string of the molecule is FC(F)(F)Oc1ccc(N2CCc3[nH]c4ccccc4c3C2)nc1. The van der Waals surface area contributed by atoms with Gasteiger partial charge in [-0.25, -0.2) is 4.98 Å². The maximum atomic E-state index is 12.2. The number of aromatic amines is 1. The molecule has 0 fully saturated rings. The van der Waals surface area contributed by atoms with Gasteiger partial charge >= 0.3 is 6.36 Å². The number of nitrogens with one attached hydrogen (secondary N) is 1. The molecule has 0 radical (unpaired) electrons. The monoisotopic (exact) mass is 333 g/mol. The lowest BCUT2D eigenvalue weighted by Crippen LogP contribution is -2.30. The molecule has 24 heavy (non-hydrogen) atoms. The zero-order valence-corrected chi connectivity index (χ0v) is 12.6. The molecule has 0 amide bonds. The lowest BCUT2D eigenvalue weighted by Gasteiger charge is -2.28. The predicted molar refractivity (Wildman–Crippen MR) is 84.0 cm³/mol. The number of para-hydroxylation sites is 1. The average Bonchev–Trinajstić information content (AvgIpc) is 2.92. The number of H-pyrrole nitrogens is 1. The second kappa shape index (κ2) is 5.43. The van der Waals surface area contributed by atoms with Crippen LogP contribution in [0.25, 0.3) is 10.9 Å². The molecule has 0 atom stereocenters. The summed E-state index contributed by atoms with van der Waals surface area (Å²) in [6.45, 7) is 1.43. The third-order valence-corrected chi connectivity index (χ3v) is 4.16. The van der Waals surface area contributed by atoms with Gasteiger partial charge in [0.25, 0.3) is 0 Å². The van der Waals surface area contributed by atoms with Crippen LogP contribution in [0.5, 0.6) is 5.75 Å². The maximum absolute atomic E-state index is 12.2. The van der Waals surface area contributed by atoms with Gasteiger partial charge in [-0.1, -0.05) is 18.2 Å². The van der Waals surface area contributed by atoms with E-state index < -0.39 is 6.36 Å². The first-order valence-corrected chi connectivity index (χ1v) is 7.55. The Bertz CT molecular complexity index is 871. The zero-order chi connectivity index (χ0) is 16.7. The number of halogens is 3. The summed E-state index contributed by atoms with van der Waals surface area (Å²) in [6, 6.07) is 10.9. The fraction of sp³-hybridized carbons (Fsp3) is 0.235. The Morgan fingerprint density at radius 2 is 1.96 bits per heavy atom. The highest BCUT2D eigenvalue weighted by Crippen LogP contribution is 2.30. The first kappa shape index (κ1) is 14.9. The first-order valence-electron chi connectivity index (χ1n) is 7.55. The van der Waals surface area contributed by atoms with Gasteiger partial charge in [0, 0.05) is 41.7 Å². The van der Waals surface area contributed by atoms with Crippen LogP contribution in [0.3, 0.4) is 0 Å². The molecule has 0 unspecified atom stereocenters. The van der Waals surface area contributed by atoms with Gasteiger partial charge in [-0.3, -0.25) is 0 Å². The van der Waals surface area contributed by atoms with Crippen LogP contribution in [0.15, 0.2) is 42.6 Å². The van der Waals surface area contributed by atoms with Crippen LogP contribution in [0.1, 0.15) is 11.3 Å². The lowest BCUT2D eigenvalue weighted by atomic mass is 10.0. The molecule has 0 saturated heterocycles. The van der Waals surface area contributed by atoms with Crippen molar-refractivity contribution >= 4 is 16.7 Å². The normalized spacial score (nSPS) is 14.7. The van der Waals surface area contributed by atoms with Crippen molar-refractivity contribution in [3.63, 3.8) is 0 Å². The van der Waals surface area contributed by atoms with Crippen molar-refractivity contribution in [1.82, 2.24) is 9.97 Å². The molecule has 1 aliphatic heterocycles. The van der Waals surface area contributed by atoms with Crippen molar-refractivity contribution in [2.45, 2.75) is 19.3 Å². The second-order valence-electron chi connectivity index (χ2n) is 5.70. The minimum absolute atomic E-state index is 0.309. The van der Waals surface area contributed by atoms with Crippen molar-refractivity contribution in [3.05, 3.63) is 53.9 Å². The summed E-state index contributed by atoms with van der Waals surface area (Å²) in [5, 5.41) is 1.18. The fourth-order valence-corrected chi connectivity index (χ4v) is 3.12. The Labute approximate surface area is 135 Å². The van der Waals surface area contributed by atoms with Crippen molar-refractivity contribution in [2.75, 3.05) is 11.4 Å². The van der Waals surface area contributed by atoms with Crippen molar-refractivity contribution in [2.24, 2.45) is 0 Å². The van der Waals surface area contributed by atoms with Gasteiger partial charge in [0.2, 0.25) is 0 Å². The average molecular weight is 333 g/mol. The van der Waals surface area contributed by atoms with Gasteiger partial charge in [-0.05, 0) is 18.2 Å². The van der Waals surface area contributed by atoms with Crippen molar-refractivity contribution in [3.8, 4) is 5.75 Å². The first-order chi connectivity index (χ1) is 11.5. The third kappa shape index (κ3) is 2.77. The topological polar surface area (TPSA) is 41.1 Å². The maximum Gasteiger partial charge on any atom is 0.573 e. The molecule has 4 rings (SSSR count). The molecular formula is C17H14F3N3O. The molecule has 1 aliphatic rings. The summed E-state index contributed by atoms with van der Waals surface area (Å²) in [5.74, 6) is 0.330. The summed E-state index contributed by atoms with van der Waals surface area (Å²) >= 11 is 0. The number of nitrogens with zero attached hydrogens (tertiary/aromatic N) is 2. The summed E-state index contributed by atoms with van der Waals surface area (Å²) in [4.78, 5) is 9.60. The number of fused-ring (bicyclic) bond motifs is 3. The van der Waals surface area contributed by atoms with Gasteiger partial charge in [0.05, 0.1) is 6.20 Å². The standard InChI is InChI=1S/C17H14F3N3O/c18-17(19,20)24-11-5-6-16(21-9-11)23-8-7-15-13(10-23)12-3-1-2-4-14(12)22-15/h1-6,9,22H,7-8,10H2. The quantitative estimate of drug-likeness (QED) is 0.770. The van der Waals surface area contributed by atoms with Crippen LogP contribution in [-0.2, 0) is 13.0 Å².